The van der Waals surface area contributed by atoms with E-state index in [1.807, 2.05) is 0 Å². The summed E-state index contributed by atoms with van der Waals surface area (Å²) in [6.07, 6.45) is -5.48. The first-order chi connectivity index (χ1) is 19.1. The fourth-order valence-corrected chi connectivity index (χ4v) is 5.13. The average molecular weight is 578 g/mol. The van der Waals surface area contributed by atoms with Gasteiger partial charge < -0.3 is 9.47 Å². The molecule has 5 heterocycles. The molecule has 5 rings (SSSR count). The number of rotatable bonds is 4. The van der Waals surface area contributed by atoms with E-state index in [-0.39, 0.29) is 65.3 Å². The van der Waals surface area contributed by atoms with Crippen molar-refractivity contribution in [2.24, 2.45) is 7.05 Å². The van der Waals surface area contributed by atoms with Crippen molar-refractivity contribution in [3.05, 3.63) is 47.4 Å². The summed E-state index contributed by atoms with van der Waals surface area (Å²) in [7, 11) is 1.60. The maximum absolute atomic E-state index is 15.8. The van der Waals surface area contributed by atoms with Crippen LogP contribution in [0.5, 0.6) is 0 Å². The maximum Gasteiger partial charge on any atom is 0.433 e. The molecule has 0 bridgehead atoms. The molecule has 0 atom stereocenters. The van der Waals surface area contributed by atoms with E-state index in [4.69, 9.17) is 0 Å². The highest BCUT2D eigenvalue weighted by Gasteiger charge is 2.42. The van der Waals surface area contributed by atoms with Crippen LogP contribution in [-0.2, 0) is 24.4 Å². The molecule has 9 nitrogen and oxygen atoms in total. The molecule has 1 aliphatic heterocycles. The second-order valence-electron chi connectivity index (χ2n) is 10.9. The number of hydrogen-bond donors (Lipinski definition) is 0. The van der Waals surface area contributed by atoms with Crippen LogP contribution in [0.1, 0.15) is 62.8 Å². The topological polar surface area (TPSA) is 101 Å². The van der Waals surface area contributed by atoms with Gasteiger partial charge in [0.2, 0.25) is 0 Å². The average Bonchev–Trinajstić information content (AvgIpc) is 3.51. The number of hydrogen-bond acceptors (Lipinski definition) is 7. The van der Waals surface area contributed by atoms with Crippen LogP contribution in [0.4, 0.5) is 32.0 Å². The minimum absolute atomic E-state index is 0.0119. The lowest BCUT2D eigenvalue weighted by molar-refractivity contribution is -0.141. The number of piperidine rings is 1. The van der Waals surface area contributed by atoms with E-state index in [2.05, 4.69) is 25.3 Å². The summed E-state index contributed by atoms with van der Waals surface area (Å²) in [6.45, 7) is 5.06. The van der Waals surface area contributed by atoms with Gasteiger partial charge in [0.25, 0.3) is 6.43 Å². The number of alkyl halides is 6. The first kappa shape index (κ1) is 28.3. The highest BCUT2D eigenvalue weighted by atomic mass is 19.4. The molecule has 0 spiro atoms. The summed E-state index contributed by atoms with van der Waals surface area (Å²) in [4.78, 5) is 9.59. The standard InChI is InChI=1S/C26H25F6N9/c1-24(2,3)41-20(21(27)28)16-9-15(12-34-22(16)38-41)18-19(14(11-33)10-17(36-18)26(30,31)32)40-7-5-25(29,6-8-40)23-37-35-13-39(23)4/h9-10,12-13,21H,5-8H2,1-4H3. The van der Waals surface area contributed by atoms with Gasteiger partial charge >= 0.3 is 6.18 Å². The molecule has 0 amide bonds. The number of pyridine rings is 2. The second kappa shape index (κ2) is 9.71. The summed E-state index contributed by atoms with van der Waals surface area (Å²) < 4.78 is 88.4. The van der Waals surface area contributed by atoms with Crippen LogP contribution in [0, 0.1) is 11.3 Å². The molecule has 216 valence electrons. The van der Waals surface area contributed by atoms with Crippen LogP contribution in [0.25, 0.3) is 22.3 Å². The summed E-state index contributed by atoms with van der Waals surface area (Å²) in [6, 6.07) is 3.70. The van der Waals surface area contributed by atoms with E-state index in [1.165, 1.54) is 23.2 Å². The Morgan fingerprint density at radius 1 is 1.10 bits per heavy atom. The molecule has 0 unspecified atom stereocenters. The first-order valence-corrected chi connectivity index (χ1v) is 12.6. The molecule has 41 heavy (non-hydrogen) atoms. The molecule has 0 saturated carbocycles. The second-order valence-corrected chi connectivity index (χ2v) is 10.9. The van der Waals surface area contributed by atoms with Crippen LogP contribution in [-0.4, -0.2) is 47.6 Å². The lowest BCUT2D eigenvalue weighted by Crippen LogP contribution is -2.42. The lowest BCUT2D eigenvalue weighted by atomic mass is 9.91. The van der Waals surface area contributed by atoms with Crippen LogP contribution in [0.2, 0.25) is 0 Å². The lowest BCUT2D eigenvalue weighted by Gasteiger charge is -2.38. The Balaban J connectivity index is 1.67. The van der Waals surface area contributed by atoms with Crippen molar-refractivity contribution in [1.82, 2.24) is 34.5 Å². The monoisotopic (exact) mass is 577 g/mol. The van der Waals surface area contributed by atoms with Gasteiger partial charge in [-0.15, -0.1) is 10.2 Å². The number of halogens is 6. The third kappa shape index (κ3) is 4.95. The van der Waals surface area contributed by atoms with Gasteiger partial charge in [-0.1, -0.05) is 0 Å². The van der Waals surface area contributed by atoms with Gasteiger partial charge in [0.05, 0.1) is 22.5 Å². The van der Waals surface area contributed by atoms with Gasteiger partial charge in [0.15, 0.2) is 17.1 Å². The predicted octanol–water partition coefficient (Wildman–Crippen LogP) is 5.67. The molecule has 1 fully saturated rings. The fourth-order valence-electron chi connectivity index (χ4n) is 5.13. The molecule has 4 aromatic heterocycles. The van der Waals surface area contributed by atoms with Crippen molar-refractivity contribution in [2.75, 3.05) is 18.0 Å². The Morgan fingerprint density at radius 3 is 2.32 bits per heavy atom. The highest BCUT2D eigenvalue weighted by Crippen LogP contribution is 2.43. The van der Waals surface area contributed by atoms with E-state index in [0.717, 1.165) is 4.68 Å². The zero-order valence-corrected chi connectivity index (χ0v) is 22.5. The van der Waals surface area contributed by atoms with Crippen LogP contribution in [0.15, 0.2) is 24.7 Å². The molecule has 1 aliphatic rings. The summed E-state index contributed by atoms with van der Waals surface area (Å²) in [5.41, 5.74) is -5.08. The minimum atomic E-state index is -4.90. The van der Waals surface area contributed by atoms with E-state index >= 15 is 4.39 Å². The SMILES string of the molecule is Cn1cnnc1C1(F)CCN(c2c(C#N)cc(C(F)(F)F)nc2-c2cnc3nn(C(C)(C)C)c(C(F)F)c3c2)CC1. The van der Waals surface area contributed by atoms with Crippen LogP contribution < -0.4 is 4.90 Å². The van der Waals surface area contributed by atoms with Crippen molar-refractivity contribution in [3.8, 4) is 17.3 Å². The van der Waals surface area contributed by atoms with Gasteiger partial charge in [-0.25, -0.2) is 23.1 Å². The normalized spacial score (nSPS) is 16.0. The predicted molar refractivity (Wildman–Crippen MR) is 136 cm³/mol. The van der Waals surface area contributed by atoms with E-state index in [0.29, 0.717) is 6.07 Å². The zero-order valence-electron chi connectivity index (χ0n) is 22.5. The number of anilines is 1. The highest BCUT2D eigenvalue weighted by molar-refractivity contribution is 5.87. The quantitative estimate of drug-likeness (QED) is 0.288. The van der Waals surface area contributed by atoms with Gasteiger partial charge in [-0.2, -0.15) is 23.5 Å². The maximum atomic E-state index is 15.8. The van der Waals surface area contributed by atoms with E-state index in [9.17, 15) is 27.2 Å². The minimum Gasteiger partial charge on any atom is -0.368 e. The Labute approximate surface area is 230 Å². The largest absolute Gasteiger partial charge is 0.433 e. The van der Waals surface area contributed by atoms with Crippen LogP contribution in [0.3, 0.4) is 0 Å². The first-order valence-electron chi connectivity index (χ1n) is 12.6. The third-order valence-electron chi connectivity index (χ3n) is 7.07. The molecule has 1 saturated heterocycles. The number of fused-ring (bicyclic) bond motifs is 1. The number of nitrogens with zero attached hydrogens (tertiary/aromatic N) is 9. The molecule has 4 aromatic rings. The smallest absolute Gasteiger partial charge is 0.368 e. The van der Waals surface area contributed by atoms with E-state index < -0.39 is 35.2 Å². The Hall–Kier alpha value is -4.22. The van der Waals surface area contributed by atoms with E-state index in [1.54, 1.807) is 38.8 Å². The molecule has 15 heteroatoms. The van der Waals surface area contributed by atoms with Crippen molar-refractivity contribution in [3.63, 3.8) is 0 Å². The van der Waals surface area contributed by atoms with Gasteiger partial charge in [-0.05, 0) is 32.9 Å². The Bertz CT molecular complexity index is 1650. The van der Waals surface area contributed by atoms with Crippen LogP contribution >= 0.6 is 0 Å². The van der Waals surface area contributed by atoms with Gasteiger partial charge in [0.1, 0.15) is 23.8 Å². The molecule has 0 radical (unpaired) electrons. The number of aryl methyl sites for hydroxylation is 1. The number of aromatic nitrogens is 7. The molecular weight excluding hydrogens is 552 g/mol. The molecule has 0 aromatic carbocycles. The fraction of sp³-hybridized carbons (Fsp3) is 0.462. The third-order valence-corrected chi connectivity index (χ3v) is 7.07. The summed E-state index contributed by atoms with van der Waals surface area (Å²) in [5.74, 6) is 0.119. The molecule has 0 N–H and O–H groups in total. The van der Waals surface area contributed by atoms with Gasteiger partial charge in [0, 0.05) is 50.1 Å². The van der Waals surface area contributed by atoms with Gasteiger partial charge in [-0.3, -0.25) is 4.68 Å². The van der Waals surface area contributed by atoms with Crippen molar-refractivity contribution >= 4 is 16.7 Å². The van der Waals surface area contributed by atoms with Crippen molar-refractivity contribution in [1.29, 1.82) is 5.26 Å². The zero-order chi connectivity index (χ0) is 29.9. The summed E-state index contributed by atoms with van der Waals surface area (Å²) in [5, 5.41) is 21.6. The number of nitriles is 1. The summed E-state index contributed by atoms with van der Waals surface area (Å²) >= 11 is 0. The Morgan fingerprint density at radius 2 is 1.78 bits per heavy atom. The molecular formula is C26H25F6N9. The van der Waals surface area contributed by atoms with Crippen molar-refractivity contribution in [2.45, 2.75) is 57.4 Å². The molecule has 0 aliphatic carbocycles. The van der Waals surface area contributed by atoms with Crippen molar-refractivity contribution < 1.29 is 26.3 Å². The Kier molecular flexibility index (Phi) is 6.70.